The van der Waals surface area contributed by atoms with Gasteiger partial charge < -0.3 is 0 Å². The Kier molecular flexibility index (Phi) is 7.84. The van der Waals surface area contributed by atoms with Crippen LogP contribution in [0.25, 0.3) is 0 Å². The monoisotopic (exact) mass is 279 g/mol. The van der Waals surface area contributed by atoms with Gasteiger partial charge in [-0.05, 0) is 18.1 Å². The summed E-state index contributed by atoms with van der Waals surface area (Å²) < 4.78 is 0. The van der Waals surface area contributed by atoms with Gasteiger partial charge in [-0.3, -0.25) is 9.59 Å². The van der Waals surface area contributed by atoms with Crippen molar-refractivity contribution < 1.29 is 9.59 Å². The van der Waals surface area contributed by atoms with E-state index in [1.807, 2.05) is 6.07 Å². The van der Waals surface area contributed by atoms with E-state index in [0.717, 1.165) is 10.8 Å². The normalized spacial score (nSPS) is 13.2. The van der Waals surface area contributed by atoms with Gasteiger partial charge in [0.05, 0.1) is 5.69 Å². The maximum Gasteiger partial charge on any atom is 0.258 e. The van der Waals surface area contributed by atoms with E-state index in [2.05, 4.69) is 20.8 Å². The van der Waals surface area contributed by atoms with Gasteiger partial charge in [-0.2, -0.15) is 13.5 Å². The zero-order chi connectivity index (χ0) is 13.5. The van der Waals surface area contributed by atoms with Crippen LogP contribution in [0.1, 0.15) is 27.2 Å². The van der Waals surface area contributed by atoms with E-state index in [1.54, 1.807) is 24.3 Å². The molecule has 3 nitrogen and oxygen atoms in total. The number of carbonyl (C=O) groups is 2. The zero-order valence-electron chi connectivity index (χ0n) is 11.6. The second-order valence-electron chi connectivity index (χ2n) is 4.48. The lowest BCUT2D eigenvalue weighted by molar-refractivity contribution is -0.119. The molecule has 0 unspecified atom stereocenters. The van der Waals surface area contributed by atoms with E-state index in [4.69, 9.17) is 0 Å². The van der Waals surface area contributed by atoms with Crippen LogP contribution in [0.3, 0.4) is 0 Å². The summed E-state index contributed by atoms with van der Waals surface area (Å²) in [7, 11) is 0. The highest BCUT2D eigenvalue weighted by atomic mass is 32.1. The molecule has 0 atom stereocenters. The van der Waals surface area contributed by atoms with Crippen molar-refractivity contribution >= 4 is 31.0 Å². The molecule has 1 heterocycles. The Morgan fingerprint density at radius 1 is 1.00 bits per heavy atom. The van der Waals surface area contributed by atoms with Crippen molar-refractivity contribution in [3.05, 3.63) is 42.5 Å². The quantitative estimate of drug-likeness (QED) is 0.779. The van der Waals surface area contributed by atoms with E-state index in [1.165, 1.54) is 18.6 Å². The molecule has 0 bridgehead atoms. The Labute approximate surface area is 121 Å². The first kappa shape index (κ1) is 17.4. The summed E-state index contributed by atoms with van der Waals surface area (Å²) in [4.78, 5) is 23.5. The predicted molar refractivity (Wildman–Crippen MR) is 83.6 cm³/mol. The molecule has 0 saturated carbocycles. The van der Waals surface area contributed by atoms with Crippen LogP contribution >= 0.6 is 13.5 Å². The highest BCUT2D eigenvalue weighted by molar-refractivity contribution is 7.59. The second kappa shape index (κ2) is 8.53. The molecule has 0 N–H and O–H groups in total. The lowest BCUT2D eigenvalue weighted by Crippen LogP contribution is -2.29. The van der Waals surface area contributed by atoms with Crippen molar-refractivity contribution in [2.75, 3.05) is 4.90 Å². The third-order valence-corrected chi connectivity index (χ3v) is 2.64. The average Bonchev–Trinajstić information content (AvgIpc) is 2.71. The van der Waals surface area contributed by atoms with Gasteiger partial charge in [0.25, 0.3) is 11.8 Å². The van der Waals surface area contributed by atoms with E-state index < -0.39 is 0 Å². The molecule has 4 heteroatoms. The minimum atomic E-state index is -0.281. The Morgan fingerprint density at radius 3 is 1.79 bits per heavy atom. The number of imide groups is 1. The van der Waals surface area contributed by atoms with E-state index in [0.29, 0.717) is 5.69 Å². The molecule has 1 aromatic carbocycles. The van der Waals surface area contributed by atoms with E-state index >= 15 is 0 Å². The van der Waals surface area contributed by atoms with Crippen LogP contribution in [0, 0.1) is 5.92 Å². The summed E-state index contributed by atoms with van der Waals surface area (Å²) in [6.07, 6.45) is 3.85. The summed E-state index contributed by atoms with van der Waals surface area (Å²) in [6.45, 7) is 6.64. The molecule has 0 aliphatic carbocycles. The number of amides is 2. The Hall–Kier alpha value is -1.55. The number of rotatable bonds is 2. The summed E-state index contributed by atoms with van der Waals surface area (Å²) in [6, 6.07) is 8.86. The SMILES string of the molecule is CCC(C)C.O=C1C=CC(=O)N1c1ccccc1.S. The number of para-hydroxylation sites is 1. The smallest absolute Gasteiger partial charge is 0.258 e. The molecular formula is C15H21NO2S. The molecule has 0 fully saturated rings. The standard InChI is InChI=1S/C10H7NO2.C5H12.H2S/c12-9-6-7-10(13)11(9)8-4-2-1-3-5-8;1-4-5(2)3;/h1-7H;5H,4H2,1-3H3;1H2. The van der Waals surface area contributed by atoms with Crippen LogP contribution in [0.4, 0.5) is 5.69 Å². The minimum Gasteiger partial charge on any atom is -0.269 e. The third kappa shape index (κ3) is 5.30. The third-order valence-electron chi connectivity index (χ3n) is 2.64. The van der Waals surface area contributed by atoms with Crippen molar-refractivity contribution in [3.8, 4) is 0 Å². The van der Waals surface area contributed by atoms with Gasteiger partial charge in [-0.25, -0.2) is 4.90 Å². The molecule has 0 spiro atoms. The van der Waals surface area contributed by atoms with Crippen molar-refractivity contribution in [2.45, 2.75) is 27.2 Å². The van der Waals surface area contributed by atoms with Crippen molar-refractivity contribution in [1.29, 1.82) is 0 Å². The van der Waals surface area contributed by atoms with Crippen molar-refractivity contribution in [1.82, 2.24) is 0 Å². The number of hydrogen-bond acceptors (Lipinski definition) is 2. The van der Waals surface area contributed by atoms with Crippen LogP contribution in [0.15, 0.2) is 42.5 Å². The summed E-state index contributed by atoms with van der Waals surface area (Å²) in [5.41, 5.74) is 0.613. The van der Waals surface area contributed by atoms with Gasteiger partial charge in [0.15, 0.2) is 0 Å². The molecule has 0 radical (unpaired) electrons. The van der Waals surface area contributed by atoms with Crippen LogP contribution < -0.4 is 4.90 Å². The number of nitrogens with zero attached hydrogens (tertiary/aromatic N) is 1. The fourth-order valence-electron chi connectivity index (χ4n) is 1.23. The van der Waals surface area contributed by atoms with E-state index in [9.17, 15) is 9.59 Å². The maximum absolute atomic E-state index is 11.2. The topological polar surface area (TPSA) is 37.4 Å². The van der Waals surface area contributed by atoms with Gasteiger partial charge in [0.1, 0.15) is 0 Å². The van der Waals surface area contributed by atoms with Crippen molar-refractivity contribution in [3.63, 3.8) is 0 Å². The largest absolute Gasteiger partial charge is 0.269 e. The first-order valence-electron chi connectivity index (χ1n) is 6.17. The second-order valence-corrected chi connectivity index (χ2v) is 4.48. The van der Waals surface area contributed by atoms with Gasteiger partial charge in [0, 0.05) is 12.2 Å². The predicted octanol–water partition coefficient (Wildman–Crippen LogP) is 3.28. The summed E-state index contributed by atoms with van der Waals surface area (Å²) in [5, 5.41) is 0. The maximum atomic E-state index is 11.2. The minimum absolute atomic E-state index is 0. The number of hydrogen-bond donors (Lipinski definition) is 0. The number of anilines is 1. The van der Waals surface area contributed by atoms with Crippen LogP contribution in [0.5, 0.6) is 0 Å². The first-order chi connectivity index (χ1) is 8.56. The molecule has 0 saturated heterocycles. The molecule has 2 amide bonds. The Morgan fingerprint density at radius 2 is 1.42 bits per heavy atom. The molecule has 0 aromatic heterocycles. The van der Waals surface area contributed by atoms with Gasteiger partial charge >= 0.3 is 0 Å². The average molecular weight is 279 g/mol. The highest BCUT2D eigenvalue weighted by Crippen LogP contribution is 2.17. The van der Waals surface area contributed by atoms with Gasteiger partial charge in [-0.1, -0.05) is 45.4 Å². The van der Waals surface area contributed by atoms with Crippen molar-refractivity contribution in [2.24, 2.45) is 5.92 Å². The Bertz CT molecular complexity index is 423. The molecule has 2 rings (SSSR count). The molecule has 1 aliphatic rings. The fraction of sp³-hybridized carbons (Fsp3) is 0.333. The van der Waals surface area contributed by atoms with Crippen LogP contribution in [-0.4, -0.2) is 11.8 Å². The molecular weight excluding hydrogens is 258 g/mol. The lowest BCUT2D eigenvalue weighted by Gasteiger charge is -2.12. The number of benzene rings is 1. The first-order valence-corrected chi connectivity index (χ1v) is 6.17. The van der Waals surface area contributed by atoms with Gasteiger partial charge in [0.2, 0.25) is 0 Å². The summed E-state index contributed by atoms with van der Waals surface area (Å²) >= 11 is 0. The highest BCUT2D eigenvalue weighted by Gasteiger charge is 2.24. The van der Waals surface area contributed by atoms with E-state index in [-0.39, 0.29) is 25.3 Å². The van der Waals surface area contributed by atoms with Gasteiger partial charge in [-0.15, -0.1) is 0 Å². The molecule has 104 valence electrons. The summed E-state index contributed by atoms with van der Waals surface area (Å²) in [5.74, 6) is 0.322. The molecule has 1 aliphatic heterocycles. The molecule has 19 heavy (non-hydrogen) atoms. The molecule has 1 aromatic rings. The lowest BCUT2D eigenvalue weighted by atomic mass is 10.2. The number of carbonyl (C=O) groups excluding carboxylic acids is 2. The zero-order valence-corrected chi connectivity index (χ0v) is 12.6. The van der Waals surface area contributed by atoms with Crippen LogP contribution in [-0.2, 0) is 9.59 Å². The Balaban J connectivity index is 0.000000471. The fourth-order valence-corrected chi connectivity index (χ4v) is 1.23. The van der Waals surface area contributed by atoms with Crippen LogP contribution in [0.2, 0.25) is 0 Å².